The number of nitrogens with one attached hydrogen (secondary N) is 1. The third kappa shape index (κ3) is 2.61. The van der Waals surface area contributed by atoms with Crippen molar-refractivity contribution in [3.63, 3.8) is 0 Å². The van der Waals surface area contributed by atoms with Crippen LogP contribution in [0.3, 0.4) is 0 Å². The average molecular weight is 307 g/mol. The number of aromatic nitrogens is 1. The van der Waals surface area contributed by atoms with Crippen LogP contribution < -0.4 is 14.5 Å². The summed E-state index contributed by atoms with van der Waals surface area (Å²) in [7, 11) is 1.70. The molecule has 3 aromatic rings. The van der Waals surface area contributed by atoms with Gasteiger partial charge in [0.2, 0.25) is 0 Å². The van der Waals surface area contributed by atoms with E-state index in [9.17, 15) is 0 Å². The number of hydrogen-bond donors (Lipinski definition) is 1. The van der Waals surface area contributed by atoms with Crippen LogP contribution >= 0.6 is 0 Å². The van der Waals surface area contributed by atoms with E-state index in [1.807, 2.05) is 12.1 Å². The van der Waals surface area contributed by atoms with E-state index in [1.165, 1.54) is 22.3 Å². The third-order valence-electron chi connectivity index (χ3n) is 4.63. The minimum atomic E-state index is 0.908. The normalized spacial score (nSPS) is 15.2. The van der Waals surface area contributed by atoms with Crippen molar-refractivity contribution in [1.82, 2.24) is 4.98 Å². The molecular formula is C19H21N3O. The molecule has 0 spiro atoms. The Hall–Kier alpha value is -2.62. The quantitative estimate of drug-likeness (QED) is 0.803. The number of benzene rings is 2. The van der Waals surface area contributed by atoms with Gasteiger partial charge in [0.25, 0.3) is 0 Å². The molecule has 23 heavy (non-hydrogen) atoms. The second-order valence-corrected chi connectivity index (χ2v) is 5.89. The van der Waals surface area contributed by atoms with Gasteiger partial charge in [-0.2, -0.15) is 0 Å². The van der Waals surface area contributed by atoms with Gasteiger partial charge < -0.3 is 19.5 Å². The molecule has 0 saturated carbocycles. The zero-order valence-electron chi connectivity index (χ0n) is 13.3. The molecule has 2 heterocycles. The van der Waals surface area contributed by atoms with Gasteiger partial charge >= 0.3 is 0 Å². The number of rotatable bonds is 3. The lowest BCUT2D eigenvalue weighted by Crippen LogP contribution is -2.46. The predicted octanol–water partition coefficient (Wildman–Crippen LogP) is 3.50. The Morgan fingerprint density at radius 3 is 2.30 bits per heavy atom. The number of anilines is 2. The predicted molar refractivity (Wildman–Crippen MR) is 95.7 cm³/mol. The topological polar surface area (TPSA) is 31.5 Å². The minimum absolute atomic E-state index is 0.908. The van der Waals surface area contributed by atoms with Crippen LogP contribution in [0.1, 0.15) is 0 Å². The molecule has 1 aromatic heterocycles. The highest BCUT2D eigenvalue weighted by atomic mass is 16.5. The number of hydrogen-bond acceptors (Lipinski definition) is 3. The monoisotopic (exact) mass is 307 g/mol. The van der Waals surface area contributed by atoms with Crippen molar-refractivity contribution in [2.24, 2.45) is 0 Å². The molecule has 1 N–H and O–H groups in total. The third-order valence-corrected chi connectivity index (χ3v) is 4.63. The van der Waals surface area contributed by atoms with E-state index in [-0.39, 0.29) is 0 Å². The van der Waals surface area contributed by atoms with E-state index in [0.29, 0.717) is 0 Å². The first-order valence-electron chi connectivity index (χ1n) is 8.05. The fraction of sp³-hybridized carbons (Fsp3) is 0.263. The lowest BCUT2D eigenvalue weighted by Gasteiger charge is -2.37. The van der Waals surface area contributed by atoms with Gasteiger partial charge in [0.1, 0.15) is 5.75 Å². The lowest BCUT2D eigenvalue weighted by atomic mass is 10.2. The molecule has 118 valence electrons. The Bertz CT molecular complexity index is 786. The van der Waals surface area contributed by atoms with Gasteiger partial charge in [0.15, 0.2) is 0 Å². The van der Waals surface area contributed by atoms with E-state index in [2.05, 4.69) is 57.4 Å². The zero-order valence-corrected chi connectivity index (χ0v) is 13.3. The minimum Gasteiger partial charge on any atom is -0.497 e. The van der Waals surface area contributed by atoms with Crippen LogP contribution in [-0.2, 0) is 0 Å². The summed E-state index contributed by atoms with van der Waals surface area (Å²) in [6.07, 6.45) is 2.13. The molecule has 4 heteroatoms. The van der Waals surface area contributed by atoms with Crippen LogP contribution in [-0.4, -0.2) is 38.3 Å². The number of aromatic amines is 1. The first-order valence-corrected chi connectivity index (χ1v) is 8.05. The van der Waals surface area contributed by atoms with E-state index in [1.54, 1.807) is 7.11 Å². The van der Waals surface area contributed by atoms with Crippen LogP contribution in [0.25, 0.3) is 10.9 Å². The van der Waals surface area contributed by atoms with Crippen molar-refractivity contribution in [3.8, 4) is 5.75 Å². The highest BCUT2D eigenvalue weighted by molar-refractivity contribution is 5.92. The molecule has 1 aliphatic rings. The number of H-pyrrole nitrogens is 1. The van der Waals surface area contributed by atoms with Crippen LogP contribution in [0.4, 0.5) is 11.4 Å². The Morgan fingerprint density at radius 1 is 0.870 bits per heavy atom. The standard InChI is InChI=1S/C19H21N3O/c1-23-16-8-6-15(7-9-16)21-10-12-22(13-11-21)19-14-20-18-5-3-2-4-17(18)19/h2-9,14,20H,10-13H2,1H3. The summed E-state index contributed by atoms with van der Waals surface area (Å²) in [6.45, 7) is 4.14. The van der Waals surface area contributed by atoms with E-state index in [0.717, 1.165) is 31.9 Å². The largest absolute Gasteiger partial charge is 0.497 e. The molecule has 1 aliphatic heterocycles. The van der Waals surface area contributed by atoms with Gasteiger partial charge in [0, 0.05) is 49.0 Å². The van der Waals surface area contributed by atoms with Gasteiger partial charge in [0.05, 0.1) is 12.8 Å². The fourth-order valence-electron chi connectivity index (χ4n) is 3.32. The van der Waals surface area contributed by atoms with E-state index < -0.39 is 0 Å². The molecule has 0 unspecified atom stereocenters. The highest BCUT2D eigenvalue weighted by Crippen LogP contribution is 2.28. The van der Waals surface area contributed by atoms with Crippen molar-refractivity contribution < 1.29 is 4.74 Å². The Labute approximate surface area is 136 Å². The second-order valence-electron chi connectivity index (χ2n) is 5.89. The van der Waals surface area contributed by atoms with Crippen molar-refractivity contribution in [2.45, 2.75) is 0 Å². The fourth-order valence-corrected chi connectivity index (χ4v) is 3.32. The van der Waals surface area contributed by atoms with Gasteiger partial charge in [-0.15, -0.1) is 0 Å². The smallest absolute Gasteiger partial charge is 0.119 e. The van der Waals surface area contributed by atoms with E-state index in [4.69, 9.17) is 4.74 Å². The van der Waals surface area contributed by atoms with Crippen molar-refractivity contribution in [2.75, 3.05) is 43.1 Å². The van der Waals surface area contributed by atoms with Crippen molar-refractivity contribution >= 4 is 22.3 Å². The average Bonchev–Trinajstić information content (AvgIpc) is 3.06. The van der Waals surface area contributed by atoms with E-state index >= 15 is 0 Å². The van der Waals surface area contributed by atoms with Crippen molar-refractivity contribution in [1.29, 1.82) is 0 Å². The summed E-state index contributed by atoms with van der Waals surface area (Å²) in [6, 6.07) is 16.8. The summed E-state index contributed by atoms with van der Waals surface area (Å²) in [5.41, 5.74) is 3.79. The molecule has 0 atom stereocenters. The Balaban J connectivity index is 1.48. The van der Waals surface area contributed by atoms with Crippen LogP contribution in [0.2, 0.25) is 0 Å². The number of para-hydroxylation sites is 1. The Morgan fingerprint density at radius 2 is 1.57 bits per heavy atom. The number of piperazine rings is 1. The SMILES string of the molecule is COc1ccc(N2CCN(c3c[nH]c4ccccc34)CC2)cc1. The number of fused-ring (bicyclic) bond motifs is 1. The summed E-state index contributed by atoms with van der Waals surface area (Å²) in [5.74, 6) is 0.908. The summed E-state index contributed by atoms with van der Waals surface area (Å²) in [4.78, 5) is 8.28. The summed E-state index contributed by atoms with van der Waals surface area (Å²) in [5, 5.41) is 1.31. The molecule has 0 radical (unpaired) electrons. The maximum absolute atomic E-state index is 5.23. The van der Waals surface area contributed by atoms with Gasteiger partial charge in [-0.25, -0.2) is 0 Å². The van der Waals surface area contributed by atoms with Gasteiger partial charge in [-0.1, -0.05) is 18.2 Å². The molecule has 0 aliphatic carbocycles. The van der Waals surface area contributed by atoms with Gasteiger partial charge in [-0.3, -0.25) is 0 Å². The lowest BCUT2D eigenvalue weighted by molar-refractivity contribution is 0.415. The van der Waals surface area contributed by atoms with Crippen LogP contribution in [0.5, 0.6) is 5.75 Å². The first-order chi connectivity index (χ1) is 11.3. The molecule has 1 fully saturated rings. The molecule has 1 saturated heterocycles. The maximum atomic E-state index is 5.23. The molecule has 2 aromatic carbocycles. The number of nitrogens with zero attached hydrogens (tertiary/aromatic N) is 2. The molecule has 4 rings (SSSR count). The molecule has 4 nitrogen and oxygen atoms in total. The van der Waals surface area contributed by atoms with Gasteiger partial charge in [-0.05, 0) is 30.3 Å². The molecular weight excluding hydrogens is 286 g/mol. The van der Waals surface area contributed by atoms with Crippen LogP contribution in [0.15, 0.2) is 54.7 Å². The maximum Gasteiger partial charge on any atom is 0.119 e. The summed E-state index contributed by atoms with van der Waals surface area (Å²) < 4.78 is 5.23. The first kappa shape index (κ1) is 14.0. The number of ether oxygens (including phenoxy) is 1. The second kappa shape index (κ2) is 5.88. The highest BCUT2D eigenvalue weighted by Gasteiger charge is 2.19. The van der Waals surface area contributed by atoms with Crippen LogP contribution in [0, 0.1) is 0 Å². The molecule has 0 bridgehead atoms. The zero-order chi connectivity index (χ0) is 15.6. The Kier molecular flexibility index (Phi) is 3.58. The summed E-state index contributed by atoms with van der Waals surface area (Å²) >= 11 is 0. The number of methoxy groups -OCH3 is 1. The molecule has 0 amide bonds. The van der Waals surface area contributed by atoms with Crippen molar-refractivity contribution in [3.05, 3.63) is 54.7 Å².